The van der Waals surface area contributed by atoms with Crippen LogP contribution in [0.25, 0.3) is 10.9 Å². The number of likely N-dealkylation sites (tertiary alicyclic amines) is 1. The molecule has 0 amide bonds. The van der Waals surface area contributed by atoms with Gasteiger partial charge in [0, 0.05) is 49.7 Å². The number of aliphatic carboxylic acids is 2. The van der Waals surface area contributed by atoms with Gasteiger partial charge in [0.05, 0.1) is 19.2 Å². The molecule has 3 aromatic rings. The molecular weight excluding hydrogens is 462 g/mol. The lowest BCUT2D eigenvalue weighted by molar-refractivity contribution is -0.140. The van der Waals surface area contributed by atoms with Gasteiger partial charge in [-0.15, -0.1) is 0 Å². The summed E-state index contributed by atoms with van der Waals surface area (Å²) in [6.07, 6.45) is 1.72. The normalized spacial score (nSPS) is 19.5. The first-order valence-electron chi connectivity index (χ1n) is 12.1. The summed E-state index contributed by atoms with van der Waals surface area (Å²) in [4.78, 5) is 28.9. The van der Waals surface area contributed by atoms with Crippen LogP contribution in [-0.4, -0.2) is 83.4 Å². The second-order valence-electron chi connectivity index (χ2n) is 9.19. The molecule has 1 atom stereocenters. The number of methoxy groups -OCH3 is 1. The van der Waals surface area contributed by atoms with Gasteiger partial charge in [0.25, 0.3) is 5.97 Å². The Labute approximate surface area is 210 Å². The van der Waals surface area contributed by atoms with E-state index in [4.69, 9.17) is 19.4 Å². The van der Waals surface area contributed by atoms with E-state index < -0.39 is 11.9 Å². The summed E-state index contributed by atoms with van der Waals surface area (Å²) in [6, 6.07) is 16.0. The number of fused-ring (bicyclic) bond motifs is 4. The molecule has 5 rings (SSSR count). The predicted octanol–water partition coefficient (Wildman–Crippen LogP) is 3.19. The SMILES string of the molecule is CC(=O)O.COc1ccc2[nH]c3c(c2c1)CCN(CC(=O)O)C31CCN(CCOc2ccccc2)C1. The first kappa shape index (κ1) is 25.5. The molecule has 192 valence electrons. The van der Waals surface area contributed by atoms with Gasteiger partial charge in [-0.1, -0.05) is 18.2 Å². The predicted molar refractivity (Wildman–Crippen MR) is 136 cm³/mol. The minimum atomic E-state index is -0.833. The van der Waals surface area contributed by atoms with Crippen LogP contribution in [0.3, 0.4) is 0 Å². The topological polar surface area (TPSA) is 115 Å². The second-order valence-corrected chi connectivity index (χ2v) is 9.19. The summed E-state index contributed by atoms with van der Waals surface area (Å²) in [5.41, 5.74) is 3.21. The van der Waals surface area contributed by atoms with Crippen LogP contribution in [-0.2, 0) is 21.5 Å². The summed E-state index contributed by atoms with van der Waals surface area (Å²) in [7, 11) is 1.68. The number of hydrogen-bond donors (Lipinski definition) is 3. The number of carboxylic acids is 2. The summed E-state index contributed by atoms with van der Waals surface area (Å²) in [5.74, 6) is 0.0994. The highest BCUT2D eigenvalue weighted by molar-refractivity contribution is 5.87. The Morgan fingerprint density at radius 3 is 2.53 bits per heavy atom. The molecule has 2 aliphatic heterocycles. The van der Waals surface area contributed by atoms with E-state index >= 15 is 0 Å². The summed E-state index contributed by atoms with van der Waals surface area (Å²) in [6.45, 7) is 4.98. The van der Waals surface area contributed by atoms with Crippen LogP contribution in [0.2, 0.25) is 0 Å². The van der Waals surface area contributed by atoms with E-state index in [-0.39, 0.29) is 12.1 Å². The Hall–Kier alpha value is -3.56. The minimum absolute atomic E-state index is 0.0481. The van der Waals surface area contributed by atoms with Gasteiger partial charge in [0.1, 0.15) is 18.1 Å². The largest absolute Gasteiger partial charge is 0.497 e. The van der Waals surface area contributed by atoms with Gasteiger partial charge >= 0.3 is 5.97 Å². The van der Waals surface area contributed by atoms with Gasteiger partial charge in [-0.25, -0.2) is 0 Å². The number of benzene rings is 2. The number of aromatic amines is 1. The van der Waals surface area contributed by atoms with E-state index in [1.54, 1.807) is 7.11 Å². The molecule has 1 aromatic heterocycles. The lowest BCUT2D eigenvalue weighted by Gasteiger charge is -2.44. The van der Waals surface area contributed by atoms with Crippen molar-refractivity contribution in [3.8, 4) is 11.5 Å². The van der Waals surface area contributed by atoms with E-state index in [0.29, 0.717) is 6.61 Å². The van der Waals surface area contributed by atoms with E-state index in [0.717, 1.165) is 63.0 Å². The maximum atomic E-state index is 11.7. The van der Waals surface area contributed by atoms with Crippen LogP contribution in [0, 0.1) is 0 Å². The first-order chi connectivity index (χ1) is 17.3. The molecule has 2 aromatic carbocycles. The lowest BCUT2D eigenvalue weighted by atomic mass is 9.84. The summed E-state index contributed by atoms with van der Waals surface area (Å²) < 4.78 is 11.4. The maximum absolute atomic E-state index is 11.7. The molecule has 1 saturated heterocycles. The molecule has 9 nitrogen and oxygen atoms in total. The average Bonchev–Trinajstić information content (AvgIpc) is 3.44. The van der Waals surface area contributed by atoms with Crippen LogP contribution >= 0.6 is 0 Å². The van der Waals surface area contributed by atoms with Crippen LogP contribution in [0.4, 0.5) is 0 Å². The van der Waals surface area contributed by atoms with Gasteiger partial charge in [0.2, 0.25) is 0 Å². The number of rotatable bonds is 7. The van der Waals surface area contributed by atoms with Gasteiger partial charge in [0.15, 0.2) is 0 Å². The quantitative estimate of drug-likeness (QED) is 0.458. The number of para-hydroxylation sites is 1. The maximum Gasteiger partial charge on any atom is 0.317 e. The van der Waals surface area contributed by atoms with Crippen molar-refractivity contribution < 1.29 is 29.3 Å². The summed E-state index contributed by atoms with van der Waals surface area (Å²) in [5, 5.41) is 18.2. The number of ether oxygens (including phenoxy) is 2. The minimum Gasteiger partial charge on any atom is -0.497 e. The molecule has 1 unspecified atom stereocenters. The van der Waals surface area contributed by atoms with Crippen LogP contribution < -0.4 is 9.47 Å². The van der Waals surface area contributed by atoms with Crippen molar-refractivity contribution in [1.29, 1.82) is 0 Å². The number of carboxylic acid groups (broad SMARTS) is 2. The van der Waals surface area contributed by atoms with E-state index in [9.17, 15) is 9.90 Å². The fourth-order valence-corrected chi connectivity index (χ4v) is 5.36. The molecule has 0 bridgehead atoms. The third-order valence-electron chi connectivity index (χ3n) is 6.89. The number of carbonyl (C=O) groups is 2. The van der Waals surface area contributed by atoms with Crippen molar-refractivity contribution in [3.05, 3.63) is 59.8 Å². The molecule has 9 heteroatoms. The Balaban J connectivity index is 0.000000709. The summed E-state index contributed by atoms with van der Waals surface area (Å²) >= 11 is 0. The van der Waals surface area contributed by atoms with Crippen molar-refractivity contribution in [2.24, 2.45) is 0 Å². The number of nitrogens with zero attached hydrogens (tertiary/aromatic N) is 2. The number of hydrogen-bond acceptors (Lipinski definition) is 6. The third kappa shape index (κ3) is 5.47. The van der Waals surface area contributed by atoms with E-state index in [1.165, 1.54) is 16.6 Å². The van der Waals surface area contributed by atoms with Crippen molar-refractivity contribution >= 4 is 22.8 Å². The molecule has 3 heterocycles. The Morgan fingerprint density at radius 2 is 1.83 bits per heavy atom. The van der Waals surface area contributed by atoms with Crippen molar-refractivity contribution in [1.82, 2.24) is 14.8 Å². The molecule has 0 radical (unpaired) electrons. The second kappa shape index (κ2) is 11.0. The number of H-pyrrole nitrogens is 1. The van der Waals surface area contributed by atoms with E-state index in [1.807, 2.05) is 36.4 Å². The van der Waals surface area contributed by atoms with Crippen LogP contribution in [0.5, 0.6) is 11.5 Å². The smallest absolute Gasteiger partial charge is 0.317 e. The standard InChI is InChI=1S/C25H29N3O4.C2H4O2/c1-31-19-7-8-22-21(15-19)20-9-11-28(16-23(29)30)25(24(20)26-22)10-12-27(17-25)13-14-32-18-5-3-2-4-6-18;1-2(3)4/h2-8,15,26H,9-14,16-17H2,1H3,(H,29,30);1H3,(H,3,4). The van der Waals surface area contributed by atoms with Crippen molar-refractivity contribution in [2.45, 2.75) is 25.3 Å². The number of nitrogens with one attached hydrogen (secondary N) is 1. The highest BCUT2D eigenvalue weighted by Crippen LogP contribution is 2.44. The fraction of sp³-hybridized carbons (Fsp3) is 0.407. The highest BCUT2D eigenvalue weighted by Gasteiger charge is 2.49. The zero-order chi connectivity index (χ0) is 25.7. The Bertz CT molecular complexity index is 1210. The lowest BCUT2D eigenvalue weighted by Crippen LogP contribution is -2.54. The van der Waals surface area contributed by atoms with Crippen LogP contribution in [0.15, 0.2) is 48.5 Å². The van der Waals surface area contributed by atoms with E-state index in [2.05, 4.69) is 26.9 Å². The Morgan fingerprint density at radius 1 is 1.08 bits per heavy atom. The number of aromatic nitrogens is 1. The molecule has 3 N–H and O–H groups in total. The molecule has 0 saturated carbocycles. The van der Waals surface area contributed by atoms with Gasteiger partial charge in [-0.2, -0.15) is 0 Å². The van der Waals surface area contributed by atoms with Gasteiger partial charge < -0.3 is 24.7 Å². The molecule has 1 spiro atoms. The van der Waals surface area contributed by atoms with Gasteiger partial charge in [-0.3, -0.25) is 19.4 Å². The molecule has 0 aliphatic carbocycles. The molecular formula is C27H33N3O6. The third-order valence-corrected chi connectivity index (χ3v) is 6.89. The highest BCUT2D eigenvalue weighted by atomic mass is 16.5. The zero-order valence-electron chi connectivity index (χ0n) is 20.7. The first-order valence-corrected chi connectivity index (χ1v) is 12.1. The molecule has 1 fully saturated rings. The fourth-order valence-electron chi connectivity index (χ4n) is 5.36. The van der Waals surface area contributed by atoms with Gasteiger partial charge in [-0.05, 0) is 48.7 Å². The van der Waals surface area contributed by atoms with Crippen molar-refractivity contribution in [3.63, 3.8) is 0 Å². The Kier molecular flexibility index (Phi) is 7.81. The molecule has 36 heavy (non-hydrogen) atoms. The van der Waals surface area contributed by atoms with Crippen molar-refractivity contribution in [2.75, 3.05) is 46.4 Å². The molecule has 2 aliphatic rings. The average molecular weight is 496 g/mol. The van der Waals surface area contributed by atoms with Crippen LogP contribution in [0.1, 0.15) is 24.6 Å². The zero-order valence-corrected chi connectivity index (χ0v) is 20.7. The monoisotopic (exact) mass is 495 g/mol.